The maximum atomic E-state index is 13.4. The number of nitro groups is 1. The van der Waals surface area contributed by atoms with Gasteiger partial charge in [-0.1, -0.05) is 0 Å². The van der Waals surface area contributed by atoms with E-state index in [1.807, 2.05) is 0 Å². The molecule has 4 aliphatic carbocycles. The molecule has 34 heavy (non-hydrogen) atoms. The van der Waals surface area contributed by atoms with Crippen LogP contribution in [-0.2, 0) is 19.6 Å². The molecule has 0 saturated heterocycles. The number of ketones is 1. The first kappa shape index (κ1) is 24.6. The molecule has 1 aromatic rings. The fraction of sp³-hybridized carbons (Fsp3) is 0.652. The number of methoxy groups -OCH3 is 1. The Morgan fingerprint density at radius 1 is 1.24 bits per heavy atom. The molecule has 2 unspecified atom stereocenters. The summed E-state index contributed by atoms with van der Waals surface area (Å²) in [4.78, 5) is 36.0. The number of primary amides is 1. The average molecular weight is 494 g/mol. The fourth-order valence-electron chi connectivity index (χ4n) is 6.94. The molecule has 186 valence electrons. The van der Waals surface area contributed by atoms with Gasteiger partial charge in [-0.3, -0.25) is 19.7 Å². The summed E-state index contributed by atoms with van der Waals surface area (Å²) < 4.78 is 33.4. The molecule has 4 saturated carbocycles. The van der Waals surface area contributed by atoms with Crippen LogP contribution in [0.2, 0.25) is 0 Å². The van der Waals surface area contributed by atoms with Gasteiger partial charge in [-0.2, -0.15) is 4.72 Å². The molecule has 0 radical (unpaired) electrons. The lowest BCUT2D eigenvalue weighted by Gasteiger charge is -2.61. The quantitative estimate of drug-likeness (QED) is 0.395. The van der Waals surface area contributed by atoms with E-state index < -0.39 is 31.6 Å². The van der Waals surface area contributed by atoms with Gasteiger partial charge >= 0.3 is 5.69 Å². The first-order chi connectivity index (χ1) is 15.7. The molecular formula is C23H31N3O7S. The maximum Gasteiger partial charge on any atom is 0.312 e. The summed E-state index contributed by atoms with van der Waals surface area (Å²) in [5, 5.41) is 11.3. The van der Waals surface area contributed by atoms with Crippen molar-refractivity contribution in [2.75, 3.05) is 7.11 Å². The van der Waals surface area contributed by atoms with Crippen molar-refractivity contribution in [1.29, 1.82) is 0 Å². The molecule has 0 heterocycles. The molecule has 11 heteroatoms. The second kappa shape index (κ2) is 8.01. The number of Topliss-reactive ketones (excluding diaryl/α,β-unsaturated/α-hetero) is 1. The number of hydrogen-bond acceptors (Lipinski definition) is 7. The van der Waals surface area contributed by atoms with Crippen LogP contribution in [0.5, 0.6) is 5.75 Å². The highest BCUT2D eigenvalue weighted by atomic mass is 32.2. The lowest BCUT2D eigenvalue weighted by molar-refractivity contribution is -0.386. The Labute approximate surface area is 198 Å². The van der Waals surface area contributed by atoms with Crippen LogP contribution in [0, 0.1) is 32.8 Å². The molecule has 4 aliphatic rings. The molecule has 4 bridgehead atoms. The van der Waals surface area contributed by atoms with Gasteiger partial charge < -0.3 is 10.5 Å². The van der Waals surface area contributed by atoms with Crippen LogP contribution in [0.25, 0.3) is 0 Å². The van der Waals surface area contributed by atoms with E-state index >= 15 is 0 Å². The summed E-state index contributed by atoms with van der Waals surface area (Å²) in [6.45, 7) is 2.99. The van der Waals surface area contributed by atoms with Crippen LogP contribution in [0.15, 0.2) is 23.1 Å². The van der Waals surface area contributed by atoms with E-state index in [9.17, 15) is 28.1 Å². The molecule has 2 atom stereocenters. The lowest BCUT2D eigenvalue weighted by Crippen LogP contribution is -2.58. The number of carbonyl (C=O) groups excluding carboxylic acids is 2. The Morgan fingerprint density at radius 2 is 1.85 bits per heavy atom. The molecule has 0 spiro atoms. The Kier molecular flexibility index (Phi) is 5.79. The topological polar surface area (TPSA) is 159 Å². The third-order valence-corrected chi connectivity index (χ3v) is 9.64. The van der Waals surface area contributed by atoms with Crippen molar-refractivity contribution < 1.29 is 27.7 Å². The van der Waals surface area contributed by atoms with Crippen LogP contribution in [0.3, 0.4) is 0 Å². The summed E-state index contributed by atoms with van der Waals surface area (Å²) in [7, 11) is -2.99. The minimum absolute atomic E-state index is 0.0653. The van der Waals surface area contributed by atoms with E-state index in [1.165, 1.54) is 33.1 Å². The number of nitro benzene ring substituents is 1. The summed E-state index contributed by atoms with van der Waals surface area (Å²) in [6.07, 6.45) is 5.03. The predicted octanol–water partition coefficient (Wildman–Crippen LogP) is 2.69. The number of sulfonamides is 1. The van der Waals surface area contributed by atoms with E-state index in [0.717, 1.165) is 38.2 Å². The van der Waals surface area contributed by atoms with Crippen LogP contribution >= 0.6 is 0 Å². The highest BCUT2D eigenvalue weighted by molar-refractivity contribution is 7.89. The summed E-state index contributed by atoms with van der Waals surface area (Å²) in [6, 6.07) is 3.32. The fourth-order valence-corrected chi connectivity index (χ4v) is 8.36. The number of nitrogens with two attached hydrogens (primary N) is 1. The number of benzene rings is 1. The number of rotatable bonds is 9. The highest BCUT2D eigenvalue weighted by Crippen LogP contribution is 2.66. The molecule has 10 nitrogen and oxygen atoms in total. The average Bonchev–Trinajstić information content (AvgIpc) is 2.71. The number of amides is 1. The Bertz CT molecular complexity index is 1150. The number of nitrogens with one attached hydrogen (secondary N) is 1. The maximum absolute atomic E-state index is 13.4. The number of carbonyl (C=O) groups is 2. The first-order valence-electron chi connectivity index (χ1n) is 11.4. The van der Waals surface area contributed by atoms with E-state index in [1.54, 1.807) is 0 Å². The largest absolute Gasteiger partial charge is 0.490 e. The molecule has 0 aliphatic heterocycles. The third kappa shape index (κ3) is 4.19. The van der Waals surface area contributed by atoms with Gasteiger partial charge in [0.15, 0.2) is 11.5 Å². The van der Waals surface area contributed by atoms with Gasteiger partial charge in [0.1, 0.15) is 0 Å². The van der Waals surface area contributed by atoms with Gasteiger partial charge in [0, 0.05) is 12.5 Å². The van der Waals surface area contributed by atoms with Crippen molar-refractivity contribution in [2.45, 2.75) is 69.2 Å². The van der Waals surface area contributed by atoms with Gasteiger partial charge in [0.2, 0.25) is 15.9 Å². The Balaban J connectivity index is 1.55. The van der Waals surface area contributed by atoms with Crippen LogP contribution in [0.1, 0.15) is 58.8 Å². The zero-order valence-electron chi connectivity index (χ0n) is 19.6. The molecule has 1 amide bonds. The van der Waals surface area contributed by atoms with Crippen molar-refractivity contribution in [3.05, 3.63) is 28.3 Å². The number of nitrogens with zero attached hydrogens (tertiary/aromatic N) is 1. The number of hydrogen-bond donors (Lipinski definition) is 2. The van der Waals surface area contributed by atoms with Gasteiger partial charge in [-0.25, -0.2) is 8.42 Å². The molecule has 0 aromatic heterocycles. The lowest BCUT2D eigenvalue weighted by atomic mass is 9.43. The summed E-state index contributed by atoms with van der Waals surface area (Å²) >= 11 is 0. The molecule has 5 rings (SSSR count). The minimum atomic E-state index is -4.24. The van der Waals surface area contributed by atoms with Crippen molar-refractivity contribution >= 4 is 27.4 Å². The standard InChI is InChI=1S/C23H31N3O7S/c1-21(2,25-34(31,32)16-4-5-18(33-3)17(7-16)26(29)30)19(27)12-22-8-14-6-15(9-22)11-23(10-14,13-22)20(24)28/h4-5,7,14-15,25H,6,8-13H2,1-3H3,(H2,24,28). The van der Waals surface area contributed by atoms with Gasteiger partial charge in [0.05, 0.1) is 27.9 Å². The molecule has 4 fully saturated rings. The minimum Gasteiger partial charge on any atom is -0.490 e. The predicted molar refractivity (Wildman–Crippen MR) is 122 cm³/mol. The monoisotopic (exact) mass is 493 g/mol. The summed E-state index contributed by atoms with van der Waals surface area (Å²) in [5.41, 5.74) is 2.95. The van der Waals surface area contributed by atoms with Gasteiger partial charge in [-0.05, 0) is 81.8 Å². The third-order valence-electron chi connectivity index (χ3n) is 7.98. The van der Waals surface area contributed by atoms with Crippen LogP contribution < -0.4 is 15.2 Å². The molecule has 3 N–H and O–H groups in total. The van der Waals surface area contributed by atoms with Gasteiger partial charge in [0.25, 0.3) is 0 Å². The zero-order valence-corrected chi connectivity index (χ0v) is 20.4. The van der Waals surface area contributed by atoms with E-state index in [2.05, 4.69) is 4.72 Å². The highest BCUT2D eigenvalue weighted by Gasteiger charge is 2.60. The van der Waals surface area contributed by atoms with Crippen LogP contribution in [0.4, 0.5) is 5.69 Å². The smallest absolute Gasteiger partial charge is 0.312 e. The second-order valence-electron chi connectivity index (χ2n) is 11.0. The Hall–Kier alpha value is -2.53. The summed E-state index contributed by atoms with van der Waals surface area (Å²) in [5.74, 6) is 0.0898. The molecule has 1 aromatic carbocycles. The van der Waals surface area contributed by atoms with Crippen molar-refractivity contribution in [2.24, 2.45) is 28.4 Å². The zero-order chi connectivity index (χ0) is 25.1. The van der Waals surface area contributed by atoms with Crippen molar-refractivity contribution in [3.63, 3.8) is 0 Å². The van der Waals surface area contributed by atoms with Crippen molar-refractivity contribution in [3.8, 4) is 5.75 Å². The Morgan fingerprint density at radius 3 is 2.38 bits per heavy atom. The number of ether oxygens (including phenoxy) is 1. The normalized spacial score (nSPS) is 30.2. The first-order valence-corrected chi connectivity index (χ1v) is 12.9. The second-order valence-corrected chi connectivity index (χ2v) is 12.7. The van der Waals surface area contributed by atoms with E-state index in [-0.39, 0.29) is 34.2 Å². The van der Waals surface area contributed by atoms with E-state index in [4.69, 9.17) is 10.5 Å². The van der Waals surface area contributed by atoms with Gasteiger partial charge in [-0.15, -0.1) is 0 Å². The van der Waals surface area contributed by atoms with Crippen LogP contribution in [-0.4, -0.2) is 37.7 Å². The van der Waals surface area contributed by atoms with Crippen molar-refractivity contribution in [1.82, 2.24) is 4.72 Å². The van der Waals surface area contributed by atoms with E-state index in [0.29, 0.717) is 18.3 Å². The molecular weight excluding hydrogens is 462 g/mol. The SMILES string of the molecule is COc1ccc(S(=O)(=O)NC(C)(C)C(=O)CC23CC4CC(C2)CC(C(N)=O)(C4)C3)cc1[N+](=O)[O-].